The predicted molar refractivity (Wildman–Crippen MR) is 71.4 cm³/mol. The van der Waals surface area contributed by atoms with E-state index in [0.717, 1.165) is 11.6 Å². The van der Waals surface area contributed by atoms with Gasteiger partial charge in [0.2, 0.25) is 0 Å². The molecule has 1 aromatic heterocycles. The van der Waals surface area contributed by atoms with E-state index in [2.05, 4.69) is 45.1 Å². The van der Waals surface area contributed by atoms with Crippen molar-refractivity contribution in [1.82, 2.24) is 9.78 Å². The fraction of sp³-hybridized carbons (Fsp3) is 0.727. The maximum absolute atomic E-state index is 4.53. The van der Waals surface area contributed by atoms with Crippen molar-refractivity contribution in [1.29, 1.82) is 0 Å². The molecule has 0 fully saturated rings. The van der Waals surface area contributed by atoms with Crippen molar-refractivity contribution < 1.29 is 0 Å². The normalized spacial score (nSPS) is 11.6. The SMILES string of the molecule is CC(C)SCc1ccn(CSC(C)C)n1. The lowest BCUT2D eigenvalue weighted by Gasteiger charge is -2.04. The molecule has 0 radical (unpaired) electrons. The number of aromatic nitrogens is 2. The molecule has 15 heavy (non-hydrogen) atoms. The van der Waals surface area contributed by atoms with Gasteiger partial charge in [-0.2, -0.15) is 16.9 Å². The lowest BCUT2D eigenvalue weighted by molar-refractivity contribution is 0.736. The first-order valence-corrected chi connectivity index (χ1v) is 7.43. The number of nitrogens with zero attached hydrogens (tertiary/aromatic N) is 2. The first-order valence-electron chi connectivity index (χ1n) is 5.33. The summed E-state index contributed by atoms with van der Waals surface area (Å²) in [5.41, 5.74) is 1.19. The quantitative estimate of drug-likeness (QED) is 0.761. The Labute approximate surface area is 101 Å². The molecular weight excluding hydrogens is 224 g/mol. The molecule has 0 unspecified atom stereocenters. The van der Waals surface area contributed by atoms with E-state index in [9.17, 15) is 0 Å². The Morgan fingerprint density at radius 3 is 2.47 bits per heavy atom. The van der Waals surface area contributed by atoms with Crippen LogP contribution < -0.4 is 0 Å². The van der Waals surface area contributed by atoms with Gasteiger partial charge in [-0.25, -0.2) is 0 Å². The molecule has 0 aromatic carbocycles. The molecule has 86 valence electrons. The number of hydrogen-bond donors (Lipinski definition) is 0. The van der Waals surface area contributed by atoms with Crippen LogP contribution in [0, 0.1) is 0 Å². The Morgan fingerprint density at radius 2 is 1.87 bits per heavy atom. The Hall–Kier alpha value is -0.0900. The Kier molecular flexibility index (Phi) is 5.61. The van der Waals surface area contributed by atoms with Crippen molar-refractivity contribution in [3.05, 3.63) is 18.0 Å². The first kappa shape index (κ1) is 13.0. The second-order valence-corrected chi connectivity index (χ2v) is 7.15. The van der Waals surface area contributed by atoms with Gasteiger partial charge in [0.05, 0.1) is 11.6 Å². The zero-order chi connectivity index (χ0) is 11.3. The lowest BCUT2D eigenvalue weighted by atomic mass is 10.5. The topological polar surface area (TPSA) is 17.8 Å². The fourth-order valence-electron chi connectivity index (χ4n) is 1.03. The minimum absolute atomic E-state index is 0.669. The van der Waals surface area contributed by atoms with E-state index in [0.29, 0.717) is 10.5 Å². The minimum Gasteiger partial charge on any atom is -0.262 e. The van der Waals surface area contributed by atoms with Gasteiger partial charge in [0.15, 0.2) is 0 Å². The highest BCUT2D eigenvalue weighted by molar-refractivity contribution is 7.99. The van der Waals surface area contributed by atoms with Gasteiger partial charge in [0.25, 0.3) is 0 Å². The fourth-order valence-corrected chi connectivity index (χ4v) is 2.28. The van der Waals surface area contributed by atoms with Crippen LogP contribution in [0.15, 0.2) is 12.3 Å². The summed E-state index contributed by atoms with van der Waals surface area (Å²) in [7, 11) is 0. The van der Waals surface area contributed by atoms with Crippen molar-refractivity contribution in [2.24, 2.45) is 0 Å². The van der Waals surface area contributed by atoms with E-state index >= 15 is 0 Å². The predicted octanol–water partition coefficient (Wildman–Crippen LogP) is 3.62. The molecule has 0 atom stereocenters. The third-order valence-corrected chi connectivity index (χ3v) is 4.01. The van der Waals surface area contributed by atoms with Crippen molar-refractivity contribution >= 4 is 23.5 Å². The average Bonchev–Trinajstić information content (AvgIpc) is 2.59. The lowest BCUT2D eigenvalue weighted by Crippen LogP contribution is -1.99. The molecule has 0 spiro atoms. The van der Waals surface area contributed by atoms with E-state index in [-0.39, 0.29) is 0 Å². The maximum Gasteiger partial charge on any atom is 0.0865 e. The molecule has 0 aliphatic rings. The summed E-state index contributed by atoms with van der Waals surface area (Å²) in [4.78, 5) is 0. The van der Waals surface area contributed by atoms with Crippen LogP contribution in [0.3, 0.4) is 0 Å². The summed E-state index contributed by atoms with van der Waals surface area (Å²) < 4.78 is 2.03. The summed E-state index contributed by atoms with van der Waals surface area (Å²) in [5.74, 6) is 1.99. The zero-order valence-electron chi connectivity index (χ0n) is 9.93. The summed E-state index contributed by atoms with van der Waals surface area (Å²) in [6, 6.07) is 2.12. The van der Waals surface area contributed by atoms with Crippen LogP contribution in [-0.4, -0.2) is 20.3 Å². The van der Waals surface area contributed by atoms with Gasteiger partial charge in [-0.1, -0.05) is 27.7 Å². The van der Waals surface area contributed by atoms with Crippen LogP contribution in [0.25, 0.3) is 0 Å². The van der Waals surface area contributed by atoms with Gasteiger partial charge >= 0.3 is 0 Å². The van der Waals surface area contributed by atoms with Gasteiger partial charge < -0.3 is 0 Å². The van der Waals surface area contributed by atoms with Crippen molar-refractivity contribution in [2.75, 3.05) is 0 Å². The van der Waals surface area contributed by atoms with Gasteiger partial charge in [-0.05, 0) is 11.3 Å². The van der Waals surface area contributed by atoms with Gasteiger partial charge in [-0.15, -0.1) is 11.8 Å². The van der Waals surface area contributed by atoms with Gasteiger partial charge in [0.1, 0.15) is 0 Å². The molecule has 4 heteroatoms. The van der Waals surface area contributed by atoms with Crippen molar-refractivity contribution in [2.45, 2.75) is 49.8 Å². The highest BCUT2D eigenvalue weighted by atomic mass is 32.2. The highest BCUT2D eigenvalue weighted by Crippen LogP contribution is 2.17. The molecule has 0 aliphatic carbocycles. The summed E-state index contributed by atoms with van der Waals surface area (Å²) >= 11 is 3.86. The van der Waals surface area contributed by atoms with Crippen molar-refractivity contribution in [3.8, 4) is 0 Å². The van der Waals surface area contributed by atoms with E-state index in [1.54, 1.807) is 0 Å². The smallest absolute Gasteiger partial charge is 0.0865 e. The standard InChI is InChI=1S/C11H20N2S2/c1-9(2)14-7-11-5-6-13(12-11)8-15-10(3)4/h5-6,9-10H,7-8H2,1-4H3. The van der Waals surface area contributed by atoms with Gasteiger partial charge in [0, 0.05) is 17.2 Å². The summed E-state index contributed by atoms with van der Waals surface area (Å²) in [5, 5.41) is 5.88. The monoisotopic (exact) mass is 244 g/mol. The van der Waals surface area contributed by atoms with Crippen LogP contribution in [-0.2, 0) is 11.6 Å². The van der Waals surface area contributed by atoms with Crippen LogP contribution in [0.5, 0.6) is 0 Å². The van der Waals surface area contributed by atoms with E-state index < -0.39 is 0 Å². The van der Waals surface area contributed by atoms with E-state index in [4.69, 9.17) is 0 Å². The highest BCUT2D eigenvalue weighted by Gasteiger charge is 2.02. The number of hydrogen-bond acceptors (Lipinski definition) is 3. The molecule has 1 heterocycles. The second-order valence-electron chi connectivity index (χ2n) is 4.05. The summed E-state index contributed by atoms with van der Waals surface area (Å²) in [6.07, 6.45) is 2.08. The Morgan fingerprint density at radius 1 is 1.20 bits per heavy atom. The third kappa shape index (κ3) is 5.52. The molecule has 0 aliphatic heterocycles. The molecule has 0 bridgehead atoms. The largest absolute Gasteiger partial charge is 0.262 e. The Balaban J connectivity index is 2.35. The third-order valence-electron chi connectivity index (χ3n) is 1.80. The molecule has 0 amide bonds. The van der Waals surface area contributed by atoms with Crippen molar-refractivity contribution in [3.63, 3.8) is 0 Å². The summed E-state index contributed by atoms with van der Waals surface area (Å²) in [6.45, 7) is 8.86. The molecule has 1 rings (SSSR count). The zero-order valence-corrected chi connectivity index (χ0v) is 11.6. The molecule has 0 saturated carbocycles. The van der Waals surface area contributed by atoms with Crippen LogP contribution in [0.2, 0.25) is 0 Å². The molecule has 2 nitrogen and oxygen atoms in total. The number of thioether (sulfide) groups is 2. The Bertz CT molecular complexity index is 255. The maximum atomic E-state index is 4.53. The molecule has 1 aromatic rings. The molecule has 0 N–H and O–H groups in total. The second kappa shape index (κ2) is 6.48. The van der Waals surface area contributed by atoms with Crippen LogP contribution in [0.4, 0.5) is 0 Å². The average molecular weight is 244 g/mol. The number of rotatable bonds is 6. The molecule has 0 saturated heterocycles. The van der Waals surface area contributed by atoms with E-state index in [1.807, 2.05) is 28.2 Å². The van der Waals surface area contributed by atoms with Crippen LogP contribution in [0.1, 0.15) is 33.4 Å². The van der Waals surface area contributed by atoms with Crippen LogP contribution >= 0.6 is 23.5 Å². The van der Waals surface area contributed by atoms with Gasteiger partial charge in [-0.3, -0.25) is 4.68 Å². The van der Waals surface area contributed by atoms with E-state index in [1.165, 1.54) is 5.69 Å². The minimum atomic E-state index is 0.669. The first-order chi connectivity index (χ1) is 7.08. The molecular formula is C11H20N2S2.